The number of thioether (sulfide) groups is 1. The van der Waals surface area contributed by atoms with Crippen molar-refractivity contribution < 1.29 is 4.79 Å². The van der Waals surface area contributed by atoms with E-state index in [1.54, 1.807) is 24.0 Å². The third-order valence-electron chi connectivity index (χ3n) is 2.21. The zero-order valence-electron chi connectivity index (χ0n) is 10.5. The first-order chi connectivity index (χ1) is 9.24. The van der Waals surface area contributed by atoms with Gasteiger partial charge in [0.2, 0.25) is 5.91 Å². The summed E-state index contributed by atoms with van der Waals surface area (Å²) in [5.74, 6) is 1.21. The summed E-state index contributed by atoms with van der Waals surface area (Å²) in [5, 5.41) is 0.666. The van der Waals surface area contributed by atoms with E-state index in [9.17, 15) is 4.79 Å². The van der Waals surface area contributed by atoms with Crippen LogP contribution in [0.15, 0.2) is 47.8 Å². The van der Waals surface area contributed by atoms with Crippen molar-refractivity contribution in [3.63, 3.8) is 0 Å². The highest BCUT2D eigenvalue weighted by molar-refractivity contribution is 7.98. The topological polar surface area (TPSA) is 66.9 Å². The fourth-order valence-electron chi connectivity index (χ4n) is 1.35. The van der Waals surface area contributed by atoms with Gasteiger partial charge in [0.05, 0.1) is 0 Å². The van der Waals surface area contributed by atoms with Crippen LogP contribution in [0.2, 0.25) is 0 Å². The van der Waals surface area contributed by atoms with Crippen molar-refractivity contribution in [2.75, 3.05) is 5.43 Å². The number of aromatic nitrogens is 2. The maximum Gasteiger partial charge on any atom is 0.235 e. The average molecular weight is 274 g/mol. The Morgan fingerprint density at radius 1 is 1.26 bits per heavy atom. The van der Waals surface area contributed by atoms with Gasteiger partial charge in [-0.05, 0) is 5.56 Å². The van der Waals surface area contributed by atoms with Gasteiger partial charge in [0, 0.05) is 24.9 Å². The first-order valence-electron chi connectivity index (χ1n) is 5.76. The highest BCUT2D eigenvalue weighted by atomic mass is 32.2. The minimum absolute atomic E-state index is 0.169. The molecule has 6 heteroatoms. The Balaban J connectivity index is 1.93. The van der Waals surface area contributed by atoms with Crippen LogP contribution in [0.25, 0.3) is 0 Å². The number of hydrogen-bond acceptors (Lipinski definition) is 5. The van der Waals surface area contributed by atoms with Crippen LogP contribution in [0.3, 0.4) is 0 Å². The summed E-state index contributed by atoms with van der Waals surface area (Å²) < 4.78 is 0. The fraction of sp³-hybridized carbons (Fsp3) is 0.154. The van der Waals surface area contributed by atoms with Gasteiger partial charge in [-0.2, -0.15) is 0 Å². The molecule has 5 nitrogen and oxygen atoms in total. The van der Waals surface area contributed by atoms with Crippen LogP contribution in [-0.2, 0) is 10.5 Å². The number of hydrazine groups is 1. The molecule has 1 aromatic carbocycles. The minimum atomic E-state index is -0.169. The molecule has 0 bridgehead atoms. The van der Waals surface area contributed by atoms with Gasteiger partial charge in [-0.1, -0.05) is 42.1 Å². The van der Waals surface area contributed by atoms with Crippen LogP contribution in [0.1, 0.15) is 12.5 Å². The number of nitrogens with one attached hydrogen (secondary N) is 2. The number of anilines is 1. The first kappa shape index (κ1) is 13.4. The lowest BCUT2D eigenvalue weighted by Crippen LogP contribution is -2.27. The summed E-state index contributed by atoms with van der Waals surface area (Å²) in [7, 11) is 0. The number of amides is 1. The number of nitrogens with zero attached hydrogens (tertiary/aromatic N) is 2. The van der Waals surface area contributed by atoms with E-state index < -0.39 is 0 Å². The number of hydrogen-bond donors (Lipinski definition) is 2. The number of benzene rings is 1. The van der Waals surface area contributed by atoms with E-state index in [1.807, 2.05) is 18.2 Å². The lowest BCUT2D eigenvalue weighted by Gasteiger charge is -2.06. The van der Waals surface area contributed by atoms with Gasteiger partial charge >= 0.3 is 0 Å². The Bertz CT molecular complexity index is 547. The van der Waals surface area contributed by atoms with Crippen molar-refractivity contribution >= 4 is 23.5 Å². The monoisotopic (exact) mass is 274 g/mol. The van der Waals surface area contributed by atoms with Crippen LogP contribution >= 0.6 is 11.8 Å². The summed E-state index contributed by atoms with van der Waals surface area (Å²) in [6, 6.07) is 11.8. The van der Waals surface area contributed by atoms with E-state index >= 15 is 0 Å². The highest BCUT2D eigenvalue weighted by Crippen LogP contribution is 2.19. The van der Waals surface area contributed by atoms with E-state index in [1.165, 1.54) is 12.5 Å². The minimum Gasteiger partial charge on any atom is -0.282 e. The summed E-state index contributed by atoms with van der Waals surface area (Å²) >= 11 is 1.55. The molecule has 0 aliphatic carbocycles. The lowest BCUT2D eigenvalue weighted by molar-refractivity contribution is -0.118. The zero-order chi connectivity index (χ0) is 13.5. The van der Waals surface area contributed by atoms with Gasteiger partial charge in [-0.3, -0.25) is 15.6 Å². The Morgan fingerprint density at radius 2 is 2.05 bits per heavy atom. The van der Waals surface area contributed by atoms with E-state index in [0.717, 1.165) is 5.75 Å². The summed E-state index contributed by atoms with van der Waals surface area (Å²) in [4.78, 5) is 19.3. The van der Waals surface area contributed by atoms with Gasteiger partial charge in [-0.15, -0.1) is 0 Å². The van der Waals surface area contributed by atoms with Gasteiger partial charge in [0.1, 0.15) is 5.82 Å². The SMILES string of the molecule is CC(=O)NNc1ccnc(SCc2ccccc2)n1. The van der Waals surface area contributed by atoms with Crippen molar-refractivity contribution in [3.8, 4) is 0 Å². The summed E-state index contributed by atoms with van der Waals surface area (Å²) in [5.41, 5.74) is 6.41. The fourth-order valence-corrected chi connectivity index (χ4v) is 2.14. The van der Waals surface area contributed by atoms with Gasteiger partial charge in [-0.25, -0.2) is 9.97 Å². The molecule has 0 aliphatic heterocycles. The maximum absolute atomic E-state index is 10.8. The van der Waals surface area contributed by atoms with Crippen LogP contribution in [0.5, 0.6) is 0 Å². The number of rotatable bonds is 5. The van der Waals surface area contributed by atoms with Crippen LogP contribution in [0, 0.1) is 0 Å². The Kier molecular flexibility index (Phi) is 4.74. The van der Waals surface area contributed by atoms with Crippen molar-refractivity contribution in [2.45, 2.75) is 17.8 Å². The van der Waals surface area contributed by atoms with Crippen molar-refractivity contribution in [1.29, 1.82) is 0 Å². The van der Waals surface area contributed by atoms with Gasteiger partial charge in [0.25, 0.3) is 0 Å². The molecule has 0 saturated heterocycles. The Hall–Kier alpha value is -2.08. The molecule has 19 heavy (non-hydrogen) atoms. The van der Waals surface area contributed by atoms with Crippen molar-refractivity contribution in [2.24, 2.45) is 0 Å². The second-order valence-electron chi connectivity index (χ2n) is 3.80. The Labute approximate surface area is 115 Å². The molecule has 2 rings (SSSR count). The molecular formula is C13H14N4OS. The van der Waals surface area contributed by atoms with Crippen LogP contribution in [0.4, 0.5) is 5.82 Å². The molecule has 0 saturated carbocycles. The predicted molar refractivity (Wildman–Crippen MR) is 75.5 cm³/mol. The van der Waals surface area contributed by atoms with E-state index in [2.05, 4.69) is 33.0 Å². The normalized spacial score (nSPS) is 9.95. The molecule has 2 aromatic rings. The van der Waals surface area contributed by atoms with Crippen molar-refractivity contribution in [3.05, 3.63) is 48.2 Å². The van der Waals surface area contributed by atoms with Crippen molar-refractivity contribution in [1.82, 2.24) is 15.4 Å². The summed E-state index contributed by atoms with van der Waals surface area (Å²) in [6.07, 6.45) is 1.66. The molecule has 0 unspecified atom stereocenters. The van der Waals surface area contributed by atoms with Gasteiger partial charge in [0.15, 0.2) is 5.16 Å². The maximum atomic E-state index is 10.8. The lowest BCUT2D eigenvalue weighted by atomic mass is 10.2. The average Bonchev–Trinajstić information content (AvgIpc) is 2.44. The number of carbonyl (C=O) groups excluding carboxylic acids is 1. The third-order valence-corrected chi connectivity index (χ3v) is 3.14. The highest BCUT2D eigenvalue weighted by Gasteiger charge is 2.01. The molecule has 0 radical (unpaired) electrons. The number of carbonyl (C=O) groups is 1. The van der Waals surface area contributed by atoms with Crippen LogP contribution < -0.4 is 10.9 Å². The summed E-state index contributed by atoms with van der Waals surface area (Å²) in [6.45, 7) is 1.43. The second kappa shape index (κ2) is 6.75. The van der Waals surface area contributed by atoms with E-state index in [-0.39, 0.29) is 5.91 Å². The van der Waals surface area contributed by atoms with E-state index in [4.69, 9.17) is 0 Å². The molecule has 98 valence electrons. The molecule has 0 spiro atoms. The molecule has 2 N–H and O–H groups in total. The van der Waals surface area contributed by atoms with Crippen LogP contribution in [-0.4, -0.2) is 15.9 Å². The zero-order valence-corrected chi connectivity index (χ0v) is 11.3. The molecular weight excluding hydrogens is 260 g/mol. The predicted octanol–water partition coefficient (Wildman–Crippen LogP) is 2.23. The molecule has 0 atom stereocenters. The first-order valence-corrected chi connectivity index (χ1v) is 6.75. The standard InChI is InChI=1S/C13H14N4OS/c1-10(18)16-17-12-7-8-14-13(15-12)19-9-11-5-3-2-4-6-11/h2-8H,9H2,1H3,(H,16,18)(H,14,15,17). The van der Waals surface area contributed by atoms with E-state index in [0.29, 0.717) is 11.0 Å². The largest absolute Gasteiger partial charge is 0.282 e. The molecule has 0 fully saturated rings. The Morgan fingerprint density at radius 3 is 2.79 bits per heavy atom. The molecule has 0 aliphatic rings. The smallest absolute Gasteiger partial charge is 0.235 e. The third kappa shape index (κ3) is 4.59. The van der Waals surface area contributed by atoms with Gasteiger partial charge < -0.3 is 0 Å². The molecule has 1 aromatic heterocycles. The molecule has 1 amide bonds. The quantitative estimate of drug-likeness (QED) is 0.497. The molecule has 1 heterocycles. The second-order valence-corrected chi connectivity index (χ2v) is 4.75.